The van der Waals surface area contributed by atoms with Crippen molar-refractivity contribution >= 4 is 23.1 Å². The number of rotatable bonds is 7. The first-order chi connectivity index (χ1) is 13.2. The molecule has 6 nitrogen and oxygen atoms in total. The zero-order valence-electron chi connectivity index (χ0n) is 14.3. The highest BCUT2D eigenvalue weighted by Crippen LogP contribution is 2.33. The number of esters is 1. The van der Waals surface area contributed by atoms with E-state index >= 15 is 0 Å². The molecule has 0 atom stereocenters. The van der Waals surface area contributed by atoms with Crippen LogP contribution in [0.15, 0.2) is 60.9 Å². The van der Waals surface area contributed by atoms with Gasteiger partial charge in [-0.05, 0) is 6.07 Å². The third-order valence-electron chi connectivity index (χ3n) is 3.48. The summed E-state index contributed by atoms with van der Waals surface area (Å²) in [6, 6.07) is 16.2. The summed E-state index contributed by atoms with van der Waals surface area (Å²) in [6.45, 7) is -1.07. The third-order valence-corrected chi connectivity index (χ3v) is 4.08. The molecule has 0 amide bonds. The minimum absolute atomic E-state index is 0.0264. The molecule has 138 valence electrons. The van der Waals surface area contributed by atoms with Crippen LogP contribution in [-0.2, 0) is 14.3 Å². The van der Waals surface area contributed by atoms with Crippen LogP contribution in [0.1, 0.15) is 5.56 Å². The standard InChI is InChI=1S/C19H15FN2O4S/c1-24-18(23)15(11-25-12-20)14-9-5-6-10-16(14)26-19-21-17(22-27-19)13-7-3-2-4-8-13/h2-11H,12H2,1H3/b15-11-. The highest BCUT2D eigenvalue weighted by atomic mass is 32.1. The van der Waals surface area contributed by atoms with E-state index < -0.39 is 12.8 Å². The molecule has 1 heterocycles. The number of benzene rings is 2. The fourth-order valence-electron chi connectivity index (χ4n) is 2.27. The summed E-state index contributed by atoms with van der Waals surface area (Å²) < 4.78 is 31.8. The lowest BCUT2D eigenvalue weighted by molar-refractivity contribution is -0.133. The first-order valence-electron chi connectivity index (χ1n) is 7.85. The Hall–Kier alpha value is -3.26. The Balaban J connectivity index is 1.90. The van der Waals surface area contributed by atoms with Gasteiger partial charge in [-0.25, -0.2) is 9.18 Å². The Kier molecular flexibility index (Phi) is 6.11. The monoisotopic (exact) mass is 386 g/mol. The van der Waals surface area contributed by atoms with Crippen LogP contribution in [-0.4, -0.2) is 29.3 Å². The zero-order valence-corrected chi connectivity index (χ0v) is 15.1. The summed E-state index contributed by atoms with van der Waals surface area (Å²) in [6.07, 6.45) is 1.00. The highest BCUT2D eigenvalue weighted by molar-refractivity contribution is 7.07. The summed E-state index contributed by atoms with van der Waals surface area (Å²) in [5, 5.41) is 0.303. The van der Waals surface area contributed by atoms with Gasteiger partial charge >= 0.3 is 5.97 Å². The van der Waals surface area contributed by atoms with E-state index in [-0.39, 0.29) is 5.57 Å². The van der Waals surface area contributed by atoms with Gasteiger partial charge in [-0.15, -0.1) is 0 Å². The number of nitrogens with zero attached hydrogens (tertiary/aromatic N) is 2. The molecule has 0 spiro atoms. The average Bonchev–Trinajstić information content (AvgIpc) is 3.18. The number of methoxy groups -OCH3 is 1. The number of ether oxygens (including phenoxy) is 3. The second kappa shape index (κ2) is 8.91. The SMILES string of the molecule is COC(=O)/C(=C\OCF)c1ccccc1Oc1nc(-c2ccccc2)ns1. The van der Waals surface area contributed by atoms with Crippen LogP contribution >= 0.6 is 11.5 Å². The molecule has 3 rings (SSSR count). The van der Waals surface area contributed by atoms with Gasteiger partial charge in [-0.1, -0.05) is 48.5 Å². The van der Waals surface area contributed by atoms with Gasteiger partial charge in [0, 0.05) is 22.7 Å². The Morgan fingerprint density at radius 1 is 1.15 bits per heavy atom. The largest absolute Gasteiger partial charge is 0.470 e. The molecule has 0 saturated carbocycles. The van der Waals surface area contributed by atoms with Crippen LogP contribution in [0, 0.1) is 0 Å². The molecule has 0 N–H and O–H groups in total. The van der Waals surface area contributed by atoms with E-state index in [0.717, 1.165) is 23.4 Å². The van der Waals surface area contributed by atoms with Gasteiger partial charge in [0.15, 0.2) is 5.82 Å². The lowest BCUT2D eigenvalue weighted by atomic mass is 10.1. The Labute approximate surface area is 159 Å². The van der Waals surface area contributed by atoms with Gasteiger partial charge in [0.25, 0.3) is 5.19 Å². The van der Waals surface area contributed by atoms with E-state index in [2.05, 4.69) is 14.1 Å². The Morgan fingerprint density at radius 3 is 2.63 bits per heavy atom. The fraction of sp³-hybridized carbons (Fsp3) is 0.105. The molecule has 27 heavy (non-hydrogen) atoms. The van der Waals surface area contributed by atoms with Crippen molar-refractivity contribution < 1.29 is 23.4 Å². The van der Waals surface area contributed by atoms with Crippen LogP contribution in [0.4, 0.5) is 4.39 Å². The third kappa shape index (κ3) is 4.48. The molecule has 0 aliphatic rings. The maximum Gasteiger partial charge on any atom is 0.341 e. The summed E-state index contributed by atoms with van der Waals surface area (Å²) in [7, 11) is 1.23. The summed E-state index contributed by atoms with van der Waals surface area (Å²) >= 11 is 1.08. The van der Waals surface area contributed by atoms with Gasteiger partial charge in [-0.3, -0.25) is 0 Å². The Bertz CT molecular complexity index is 944. The number of halogens is 1. The lowest BCUT2D eigenvalue weighted by Gasteiger charge is -2.10. The number of alkyl halides is 1. The Morgan fingerprint density at radius 2 is 1.89 bits per heavy atom. The average molecular weight is 386 g/mol. The number of para-hydroxylation sites is 1. The quantitative estimate of drug-likeness (QED) is 0.339. The maximum atomic E-state index is 12.4. The molecule has 2 aromatic carbocycles. The van der Waals surface area contributed by atoms with Gasteiger partial charge in [0.05, 0.1) is 7.11 Å². The zero-order chi connectivity index (χ0) is 19.1. The van der Waals surface area contributed by atoms with Crippen molar-refractivity contribution in [1.82, 2.24) is 9.36 Å². The van der Waals surface area contributed by atoms with E-state index in [1.54, 1.807) is 24.3 Å². The van der Waals surface area contributed by atoms with E-state index in [9.17, 15) is 9.18 Å². The van der Waals surface area contributed by atoms with Crippen LogP contribution < -0.4 is 4.74 Å². The normalized spacial score (nSPS) is 11.1. The second-order valence-corrected chi connectivity index (χ2v) is 5.86. The molecule has 3 aromatic rings. The molecule has 1 aromatic heterocycles. The number of carbonyl (C=O) groups excluding carboxylic acids is 1. The second-order valence-electron chi connectivity index (χ2n) is 5.15. The van der Waals surface area contributed by atoms with Gasteiger partial charge in [0.1, 0.15) is 17.6 Å². The summed E-state index contributed by atoms with van der Waals surface area (Å²) in [5.41, 5.74) is 1.27. The number of hydrogen-bond acceptors (Lipinski definition) is 7. The molecule has 0 aliphatic carbocycles. The number of hydrogen-bond donors (Lipinski definition) is 0. The van der Waals surface area contributed by atoms with E-state index in [4.69, 9.17) is 9.47 Å². The van der Waals surface area contributed by atoms with Crippen LogP contribution in [0.5, 0.6) is 10.9 Å². The van der Waals surface area contributed by atoms with Crippen molar-refractivity contribution in [2.45, 2.75) is 0 Å². The molecule has 0 saturated heterocycles. The summed E-state index contributed by atoms with van der Waals surface area (Å²) in [4.78, 5) is 16.4. The van der Waals surface area contributed by atoms with E-state index in [1.807, 2.05) is 30.3 Å². The minimum atomic E-state index is -1.07. The molecule has 0 fully saturated rings. The van der Waals surface area contributed by atoms with Crippen LogP contribution in [0.3, 0.4) is 0 Å². The topological polar surface area (TPSA) is 70.5 Å². The number of aromatic nitrogens is 2. The van der Waals surface area contributed by atoms with E-state index in [1.165, 1.54) is 7.11 Å². The highest BCUT2D eigenvalue weighted by Gasteiger charge is 2.19. The molecular weight excluding hydrogens is 371 g/mol. The van der Waals surface area contributed by atoms with Crippen LogP contribution in [0.2, 0.25) is 0 Å². The summed E-state index contributed by atoms with van der Waals surface area (Å²) in [5.74, 6) is 0.201. The van der Waals surface area contributed by atoms with Crippen LogP contribution in [0.25, 0.3) is 17.0 Å². The molecule has 8 heteroatoms. The van der Waals surface area contributed by atoms with Gasteiger partial charge < -0.3 is 14.2 Å². The van der Waals surface area contributed by atoms with Crippen molar-refractivity contribution in [1.29, 1.82) is 0 Å². The van der Waals surface area contributed by atoms with Gasteiger partial charge in [0.2, 0.25) is 6.86 Å². The van der Waals surface area contributed by atoms with Crippen molar-refractivity contribution in [3.8, 4) is 22.3 Å². The predicted octanol–water partition coefficient (Wildman–Crippen LogP) is 4.45. The molecule has 0 aliphatic heterocycles. The van der Waals surface area contributed by atoms with E-state index in [0.29, 0.717) is 22.3 Å². The van der Waals surface area contributed by atoms with Crippen molar-refractivity contribution in [2.24, 2.45) is 0 Å². The fourth-order valence-corrected chi connectivity index (χ4v) is 2.84. The van der Waals surface area contributed by atoms with Crippen molar-refractivity contribution in [3.05, 3.63) is 66.4 Å². The molecular formula is C19H15FN2O4S. The smallest absolute Gasteiger partial charge is 0.341 e. The van der Waals surface area contributed by atoms with Crippen molar-refractivity contribution in [3.63, 3.8) is 0 Å². The van der Waals surface area contributed by atoms with Gasteiger partial charge in [-0.2, -0.15) is 9.36 Å². The molecule has 0 radical (unpaired) electrons. The predicted molar refractivity (Wildman–Crippen MR) is 98.9 cm³/mol. The van der Waals surface area contributed by atoms with Crippen molar-refractivity contribution in [2.75, 3.05) is 14.0 Å². The maximum absolute atomic E-state index is 12.4. The number of carbonyl (C=O) groups is 1. The minimum Gasteiger partial charge on any atom is -0.470 e. The lowest BCUT2D eigenvalue weighted by Crippen LogP contribution is -2.06. The first-order valence-corrected chi connectivity index (χ1v) is 8.62. The molecule has 0 unspecified atom stereocenters. The molecule has 0 bridgehead atoms. The first kappa shape index (κ1) is 18.5.